The Kier molecular flexibility index (Phi) is 10.4. The molecule has 0 aliphatic heterocycles. The Balaban J connectivity index is -0.000000126. The van der Waals surface area contributed by atoms with Crippen LogP contribution in [0.4, 0.5) is 0 Å². The second-order valence-corrected chi connectivity index (χ2v) is 3.83. The zero-order chi connectivity index (χ0) is 9.65. The molecule has 0 rings (SSSR count). The number of carbonyl (C=O) groups excluding carboxylic acids is 1. The standard InChI is InChI=1S/C4H7NO.C4H12N.ClH/c1-3(2)4(5)6;1-5(2,3)4;/h1H2,2H3,(H2,5,6);1-4H3;1H/q;+1;/p-1. The second-order valence-electron chi connectivity index (χ2n) is 3.83. The van der Waals surface area contributed by atoms with Gasteiger partial charge in [0.05, 0.1) is 28.2 Å². The van der Waals surface area contributed by atoms with Gasteiger partial charge in [0.25, 0.3) is 0 Å². The molecular weight excluding hydrogens is 176 g/mol. The van der Waals surface area contributed by atoms with Crippen LogP contribution in [-0.2, 0) is 4.79 Å². The Morgan fingerprint density at radius 3 is 1.33 bits per heavy atom. The Bertz CT molecular complexity index is 132. The first-order valence-corrected chi connectivity index (χ1v) is 3.39. The van der Waals surface area contributed by atoms with Crippen LogP contribution in [0, 0.1) is 0 Å². The van der Waals surface area contributed by atoms with Gasteiger partial charge in [0.15, 0.2) is 0 Å². The molecule has 0 bridgehead atoms. The van der Waals surface area contributed by atoms with E-state index in [1.165, 1.54) is 0 Å². The normalized spacial score (nSPS) is 8.75. The van der Waals surface area contributed by atoms with Crippen LogP contribution >= 0.6 is 0 Å². The van der Waals surface area contributed by atoms with Gasteiger partial charge in [-0.3, -0.25) is 4.79 Å². The quantitative estimate of drug-likeness (QED) is 0.361. The largest absolute Gasteiger partial charge is 1.00 e. The Morgan fingerprint density at radius 2 is 1.33 bits per heavy atom. The summed E-state index contributed by atoms with van der Waals surface area (Å²) in [6, 6.07) is 0. The molecular formula is C8H19ClN2O. The van der Waals surface area contributed by atoms with Gasteiger partial charge in [0, 0.05) is 5.57 Å². The summed E-state index contributed by atoms with van der Waals surface area (Å²) in [4.78, 5) is 9.82. The molecule has 0 saturated carbocycles. The van der Waals surface area contributed by atoms with Crippen molar-refractivity contribution in [3.63, 3.8) is 0 Å². The molecule has 4 heteroatoms. The molecule has 0 aromatic heterocycles. The van der Waals surface area contributed by atoms with E-state index in [-0.39, 0.29) is 12.4 Å². The van der Waals surface area contributed by atoms with Gasteiger partial charge in [0.2, 0.25) is 5.91 Å². The summed E-state index contributed by atoms with van der Waals surface area (Å²) in [7, 11) is 8.50. The smallest absolute Gasteiger partial charge is 0.243 e. The lowest BCUT2D eigenvalue weighted by Gasteiger charge is -2.14. The Hall–Kier alpha value is -0.540. The minimum atomic E-state index is -0.435. The highest BCUT2D eigenvalue weighted by atomic mass is 35.5. The number of hydrogen-bond donors (Lipinski definition) is 1. The van der Waals surface area contributed by atoms with E-state index < -0.39 is 5.91 Å². The van der Waals surface area contributed by atoms with Gasteiger partial charge in [-0.1, -0.05) is 6.58 Å². The number of primary amides is 1. The molecule has 74 valence electrons. The van der Waals surface area contributed by atoms with E-state index in [4.69, 9.17) is 5.73 Å². The third-order valence-electron chi connectivity index (χ3n) is 0.421. The molecule has 0 aromatic rings. The zero-order valence-corrected chi connectivity index (χ0v) is 9.27. The first kappa shape index (κ1) is 17.5. The number of hydrogen-bond acceptors (Lipinski definition) is 1. The molecule has 1 amide bonds. The van der Waals surface area contributed by atoms with Gasteiger partial charge in [-0.2, -0.15) is 0 Å². The molecule has 0 heterocycles. The minimum Gasteiger partial charge on any atom is -1.00 e. The van der Waals surface area contributed by atoms with Gasteiger partial charge in [0.1, 0.15) is 0 Å². The molecule has 0 aliphatic carbocycles. The van der Waals surface area contributed by atoms with Crippen LogP contribution in [0.15, 0.2) is 12.2 Å². The van der Waals surface area contributed by atoms with Crippen molar-refractivity contribution in [2.45, 2.75) is 6.92 Å². The van der Waals surface area contributed by atoms with Crippen molar-refractivity contribution in [1.29, 1.82) is 0 Å². The lowest BCUT2D eigenvalue weighted by molar-refractivity contribution is -0.849. The number of rotatable bonds is 1. The summed E-state index contributed by atoms with van der Waals surface area (Å²) in [6.07, 6.45) is 0. The molecule has 12 heavy (non-hydrogen) atoms. The topological polar surface area (TPSA) is 43.1 Å². The van der Waals surface area contributed by atoms with E-state index in [0.717, 1.165) is 4.48 Å². The van der Waals surface area contributed by atoms with Crippen molar-refractivity contribution >= 4 is 5.91 Å². The molecule has 0 fully saturated rings. The molecule has 3 nitrogen and oxygen atoms in total. The molecule has 0 atom stereocenters. The summed E-state index contributed by atoms with van der Waals surface area (Å²) in [6.45, 7) is 4.85. The van der Waals surface area contributed by atoms with Crippen LogP contribution in [0.25, 0.3) is 0 Å². The fourth-order valence-electron chi connectivity index (χ4n) is 0. The fourth-order valence-corrected chi connectivity index (χ4v) is 0. The molecule has 2 N–H and O–H groups in total. The highest BCUT2D eigenvalue weighted by Crippen LogP contribution is 1.78. The molecule has 0 aromatic carbocycles. The average molecular weight is 195 g/mol. The van der Waals surface area contributed by atoms with Crippen LogP contribution in [0.2, 0.25) is 0 Å². The van der Waals surface area contributed by atoms with Crippen LogP contribution in [-0.4, -0.2) is 38.6 Å². The second kappa shape index (κ2) is 7.13. The number of quaternary nitrogens is 1. The van der Waals surface area contributed by atoms with Gasteiger partial charge < -0.3 is 22.6 Å². The number of amides is 1. The lowest BCUT2D eigenvalue weighted by Crippen LogP contribution is -3.00. The SMILES string of the molecule is C=C(C)C(N)=O.C[N+](C)(C)C.[Cl-]. The maximum Gasteiger partial charge on any atom is 0.243 e. The van der Waals surface area contributed by atoms with E-state index in [0.29, 0.717) is 5.57 Å². The van der Waals surface area contributed by atoms with E-state index in [2.05, 4.69) is 34.8 Å². The summed E-state index contributed by atoms with van der Waals surface area (Å²) in [5.74, 6) is -0.435. The van der Waals surface area contributed by atoms with E-state index in [1.54, 1.807) is 6.92 Å². The predicted molar refractivity (Wildman–Crippen MR) is 48.0 cm³/mol. The minimum absolute atomic E-state index is 0. The number of carbonyl (C=O) groups is 1. The van der Waals surface area contributed by atoms with Crippen molar-refractivity contribution in [2.75, 3.05) is 28.2 Å². The van der Waals surface area contributed by atoms with Gasteiger partial charge >= 0.3 is 0 Å². The van der Waals surface area contributed by atoms with Gasteiger partial charge in [-0.25, -0.2) is 0 Å². The van der Waals surface area contributed by atoms with Crippen molar-refractivity contribution in [1.82, 2.24) is 0 Å². The number of nitrogens with two attached hydrogens (primary N) is 1. The molecule has 0 aliphatic rings. The van der Waals surface area contributed by atoms with E-state index >= 15 is 0 Å². The van der Waals surface area contributed by atoms with Gasteiger partial charge in [-0.15, -0.1) is 0 Å². The van der Waals surface area contributed by atoms with Crippen molar-refractivity contribution in [3.05, 3.63) is 12.2 Å². The summed E-state index contributed by atoms with van der Waals surface area (Å²) < 4.78 is 1.00. The third kappa shape index (κ3) is 56.6. The lowest BCUT2D eigenvalue weighted by atomic mass is 10.3. The van der Waals surface area contributed by atoms with E-state index in [9.17, 15) is 4.79 Å². The van der Waals surface area contributed by atoms with Crippen LogP contribution < -0.4 is 18.1 Å². The third-order valence-corrected chi connectivity index (χ3v) is 0.421. The van der Waals surface area contributed by atoms with Crippen LogP contribution in [0.3, 0.4) is 0 Å². The fraction of sp³-hybridized carbons (Fsp3) is 0.625. The zero-order valence-electron chi connectivity index (χ0n) is 8.52. The molecule has 0 unspecified atom stereocenters. The number of nitrogens with zero attached hydrogens (tertiary/aromatic N) is 1. The monoisotopic (exact) mass is 194 g/mol. The first-order chi connectivity index (χ1) is 4.64. The van der Waals surface area contributed by atoms with Crippen LogP contribution in [0.5, 0.6) is 0 Å². The average Bonchev–Trinajstić information content (AvgIpc) is 1.59. The molecule has 0 spiro atoms. The van der Waals surface area contributed by atoms with Crippen molar-refractivity contribution in [2.24, 2.45) is 5.73 Å². The first-order valence-electron chi connectivity index (χ1n) is 3.39. The summed E-state index contributed by atoms with van der Waals surface area (Å²) in [5.41, 5.74) is 5.09. The van der Waals surface area contributed by atoms with Crippen LogP contribution in [0.1, 0.15) is 6.92 Å². The summed E-state index contributed by atoms with van der Waals surface area (Å²) >= 11 is 0. The highest BCUT2D eigenvalue weighted by Gasteiger charge is 1.88. The molecule has 0 radical (unpaired) electrons. The Morgan fingerprint density at radius 1 is 1.25 bits per heavy atom. The Labute approximate surface area is 81.2 Å². The van der Waals surface area contributed by atoms with E-state index in [1.807, 2.05) is 0 Å². The highest BCUT2D eigenvalue weighted by molar-refractivity contribution is 5.90. The number of halogens is 1. The van der Waals surface area contributed by atoms with Crippen molar-refractivity contribution in [3.8, 4) is 0 Å². The maximum absolute atomic E-state index is 9.82. The van der Waals surface area contributed by atoms with Crippen molar-refractivity contribution < 1.29 is 21.7 Å². The van der Waals surface area contributed by atoms with Gasteiger partial charge in [-0.05, 0) is 6.92 Å². The maximum atomic E-state index is 9.82. The predicted octanol–water partition coefficient (Wildman–Crippen LogP) is -2.63. The molecule has 0 saturated heterocycles. The summed E-state index contributed by atoms with van der Waals surface area (Å²) in [5, 5.41) is 0.